The van der Waals surface area contributed by atoms with E-state index in [0.717, 1.165) is 0 Å². The molecular formula is C13H25N3O6Si. The van der Waals surface area contributed by atoms with Crippen molar-refractivity contribution in [2.75, 3.05) is 13.7 Å². The van der Waals surface area contributed by atoms with Gasteiger partial charge in [0.25, 0.3) is 0 Å². The molecule has 0 spiro atoms. The molecule has 0 aromatic carbocycles. The predicted molar refractivity (Wildman–Crippen MR) is 84.1 cm³/mol. The van der Waals surface area contributed by atoms with E-state index >= 15 is 0 Å². The molecule has 1 saturated heterocycles. The summed E-state index contributed by atoms with van der Waals surface area (Å²) in [4.78, 5) is 14.8. The molecule has 0 aromatic heterocycles. The van der Waals surface area contributed by atoms with E-state index < -0.39 is 51.0 Å². The highest BCUT2D eigenvalue weighted by Gasteiger charge is 2.52. The van der Waals surface area contributed by atoms with Gasteiger partial charge >= 0.3 is 5.97 Å². The van der Waals surface area contributed by atoms with Gasteiger partial charge in [-0.05, 0) is 39.0 Å². The number of carbonyl (C=O) groups is 1. The molecule has 0 amide bonds. The van der Waals surface area contributed by atoms with Gasteiger partial charge in [-0.1, -0.05) is 5.11 Å². The number of aliphatic hydroxyl groups excluding tert-OH is 1. The van der Waals surface area contributed by atoms with E-state index in [2.05, 4.69) is 10.0 Å². The van der Waals surface area contributed by atoms with E-state index in [1.807, 2.05) is 19.6 Å². The average molecular weight is 347 g/mol. The van der Waals surface area contributed by atoms with Crippen LogP contribution in [0, 0.1) is 0 Å². The van der Waals surface area contributed by atoms with Crippen LogP contribution in [0.3, 0.4) is 0 Å². The summed E-state index contributed by atoms with van der Waals surface area (Å²) in [5.74, 6) is -1.64. The third-order valence-electron chi connectivity index (χ3n) is 3.14. The second kappa shape index (κ2) is 7.60. The quantitative estimate of drug-likeness (QED) is 0.245. The Labute approximate surface area is 136 Å². The SMILES string of the molecule is COC(=O)[C@H]1OC(C)(C)O[C@H]1[C@H](O[Si](C)(C)C)[C@@H](CO)N=[N+]=[N-]. The second-order valence-electron chi connectivity index (χ2n) is 6.69. The van der Waals surface area contributed by atoms with Gasteiger partial charge in [0.2, 0.25) is 0 Å². The van der Waals surface area contributed by atoms with Crippen LogP contribution < -0.4 is 0 Å². The highest BCUT2D eigenvalue weighted by molar-refractivity contribution is 6.69. The molecule has 23 heavy (non-hydrogen) atoms. The smallest absolute Gasteiger partial charge is 0.337 e. The molecule has 0 bridgehead atoms. The zero-order valence-corrected chi connectivity index (χ0v) is 15.3. The summed E-state index contributed by atoms with van der Waals surface area (Å²) in [6, 6.07) is -0.901. The minimum absolute atomic E-state index is 0.437. The lowest BCUT2D eigenvalue weighted by atomic mass is 10.0. The van der Waals surface area contributed by atoms with Crippen molar-refractivity contribution >= 4 is 14.3 Å². The highest BCUT2D eigenvalue weighted by Crippen LogP contribution is 2.34. The molecule has 1 aliphatic heterocycles. The van der Waals surface area contributed by atoms with Gasteiger partial charge in [-0.25, -0.2) is 4.79 Å². The van der Waals surface area contributed by atoms with Gasteiger partial charge in [-0.3, -0.25) is 0 Å². The van der Waals surface area contributed by atoms with Gasteiger partial charge in [0.1, 0.15) is 6.10 Å². The third kappa shape index (κ3) is 5.45. The molecule has 1 heterocycles. The fraction of sp³-hybridized carbons (Fsp3) is 0.923. The summed E-state index contributed by atoms with van der Waals surface area (Å²) in [6.45, 7) is 8.72. The van der Waals surface area contributed by atoms with Crippen molar-refractivity contribution in [3.63, 3.8) is 0 Å². The Balaban J connectivity index is 3.20. The van der Waals surface area contributed by atoms with Crippen molar-refractivity contribution in [1.82, 2.24) is 0 Å². The topological polar surface area (TPSA) is 123 Å². The maximum absolute atomic E-state index is 12.0. The summed E-state index contributed by atoms with van der Waals surface area (Å²) in [6.07, 6.45) is -2.71. The van der Waals surface area contributed by atoms with Gasteiger partial charge in [0.15, 0.2) is 20.2 Å². The largest absolute Gasteiger partial charge is 0.467 e. The van der Waals surface area contributed by atoms with E-state index in [1.54, 1.807) is 13.8 Å². The second-order valence-corrected chi connectivity index (χ2v) is 11.2. The first-order chi connectivity index (χ1) is 10.5. The van der Waals surface area contributed by atoms with Crippen LogP contribution in [-0.4, -0.2) is 63.3 Å². The number of aliphatic hydroxyl groups is 1. The highest BCUT2D eigenvalue weighted by atomic mass is 28.4. The van der Waals surface area contributed by atoms with Crippen molar-refractivity contribution in [1.29, 1.82) is 0 Å². The molecule has 0 aliphatic carbocycles. The Bertz CT molecular complexity index is 475. The number of rotatable bonds is 7. The molecule has 9 nitrogen and oxygen atoms in total. The third-order valence-corrected chi connectivity index (χ3v) is 4.12. The Hall–Kier alpha value is -1.16. The molecule has 0 aromatic rings. The molecule has 1 rings (SSSR count). The molecule has 0 saturated carbocycles. The fourth-order valence-electron chi connectivity index (χ4n) is 2.37. The van der Waals surface area contributed by atoms with E-state index in [-0.39, 0.29) is 0 Å². The van der Waals surface area contributed by atoms with Crippen LogP contribution >= 0.6 is 0 Å². The Kier molecular flexibility index (Phi) is 6.57. The zero-order valence-electron chi connectivity index (χ0n) is 14.3. The van der Waals surface area contributed by atoms with Crippen LogP contribution in [0.2, 0.25) is 19.6 Å². The zero-order chi connectivity index (χ0) is 17.8. The molecule has 4 atom stereocenters. The van der Waals surface area contributed by atoms with Crippen molar-refractivity contribution in [2.24, 2.45) is 5.11 Å². The van der Waals surface area contributed by atoms with E-state index in [0.29, 0.717) is 0 Å². The summed E-state index contributed by atoms with van der Waals surface area (Å²) < 4.78 is 22.2. The van der Waals surface area contributed by atoms with Crippen LogP contribution in [0.15, 0.2) is 5.11 Å². The first kappa shape index (κ1) is 19.9. The van der Waals surface area contributed by atoms with Crippen LogP contribution in [-0.2, 0) is 23.4 Å². The fourth-order valence-corrected chi connectivity index (χ4v) is 3.48. The lowest BCUT2D eigenvalue weighted by Gasteiger charge is -2.34. The lowest BCUT2D eigenvalue weighted by molar-refractivity contribution is -0.169. The number of ether oxygens (including phenoxy) is 3. The molecular weight excluding hydrogens is 322 g/mol. The number of hydrogen-bond donors (Lipinski definition) is 1. The number of carbonyl (C=O) groups excluding carboxylic acids is 1. The van der Waals surface area contributed by atoms with Crippen LogP contribution in [0.5, 0.6) is 0 Å². The van der Waals surface area contributed by atoms with Crippen LogP contribution in [0.1, 0.15) is 13.8 Å². The van der Waals surface area contributed by atoms with Gasteiger partial charge in [0.05, 0.1) is 25.9 Å². The summed E-state index contributed by atoms with van der Waals surface area (Å²) in [5.41, 5.74) is 8.72. The normalized spacial score (nSPS) is 26.2. The number of azide groups is 1. The van der Waals surface area contributed by atoms with Crippen LogP contribution in [0.4, 0.5) is 0 Å². The van der Waals surface area contributed by atoms with Crippen molar-refractivity contribution in [2.45, 2.75) is 63.6 Å². The maximum Gasteiger partial charge on any atom is 0.337 e. The van der Waals surface area contributed by atoms with Crippen LogP contribution in [0.25, 0.3) is 10.4 Å². The minimum atomic E-state index is -2.10. The van der Waals surface area contributed by atoms with Crippen molar-refractivity contribution in [3.8, 4) is 0 Å². The van der Waals surface area contributed by atoms with E-state index in [1.165, 1.54) is 7.11 Å². The maximum atomic E-state index is 12.0. The van der Waals surface area contributed by atoms with Gasteiger partial charge < -0.3 is 23.7 Å². The van der Waals surface area contributed by atoms with Crippen molar-refractivity contribution in [3.05, 3.63) is 10.4 Å². The van der Waals surface area contributed by atoms with Gasteiger partial charge in [-0.15, -0.1) is 0 Å². The van der Waals surface area contributed by atoms with E-state index in [4.69, 9.17) is 24.2 Å². The first-order valence-electron chi connectivity index (χ1n) is 7.31. The van der Waals surface area contributed by atoms with E-state index in [9.17, 15) is 9.90 Å². The monoisotopic (exact) mass is 347 g/mol. The molecule has 10 heteroatoms. The molecule has 132 valence electrons. The number of methoxy groups -OCH3 is 1. The van der Waals surface area contributed by atoms with Crippen molar-refractivity contribution < 1.29 is 28.5 Å². The summed E-state index contributed by atoms with van der Waals surface area (Å²) in [7, 11) is -0.849. The number of hydrogen-bond acceptors (Lipinski definition) is 7. The Morgan fingerprint density at radius 1 is 1.43 bits per heavy atom. The molecule has 1 aliphatic rings. The number of esters is 1. The summed E-state index contributed by atoms with van der Waals surface area (Å²) in [5, 5.41) is 13.1. The average Bonchev–Trinajstić information content (AvgIpc) is 2.76. The Morgan fingerprint density at radius 3 is 2.48 bits per heavy atom. The first-order valence-corrected chi connectivity index (χ1v) is 10.7. The lowest BCUT2D eigenvalue weighted by Crippen LogP contribution is -2.52. The van der Waals surface area contributed by atoms with Gasteiger partial charge in [0, 0.05) is 4.91 Å². The Morgan fingerprint density at radius 2 is 2.04 bits per heavy atom. The summed E-state index contributed by atoms with van der Waals surface area (Å²) >= 11 is 0. The molecule has 1 fully saturated rings. The number of nitrogens with zero attached hydrogens (tertiary/aromatic N) is 3. The standard InChI is InChI=1S/C13H25N3O6Si/c1-13(2)20-10(11(21-13)12(18)19-3)9(22-23(4,5)6)8(7-17)15-16-14/h8-11,17H,7H2,1-6H3/t8-,9-,10+,11+/m1/s1. The molecule has 0 radical (unpaired) electrons. The minimum Gasteiger partial charge on any atom is -0.467 e. The molecule has 1 N–H and O–H groups in total. The molecule has 0 unspecified atom stereocenters. The van der Waals surface area contributed by atoms with Gasteiger partial charge in [-0.2, -0.15) is 0 Å². The predicted octanol–water partition coefficient (Wildman–Crippen LogP) is 1.57.